The average molecular weight is 562 g/mol. The van der Waals surface area contributed by atoms with Gasteiger partial charge in [0.05, 0.1) is 0 Å². The molecule has 2 aromatic carbocycles. The van der Waals surface area contributed by atoms with Crippen molar-refractivity contribution in [2.24, 2.45) is 0 Å². The number of thiocarbonyl (C=S) groups is 1. The van der Waals surface area contributed by atoms with Gasteiger partial charge in [-0.25, -0.2) is 0 Å². The molecule has 6 nitrogen and oxygen atoms in total. The Balaban J connectivity index is 1.78. The third-order valence-corrected chi connectivity index (χ3v) is 5.33. The van der Waals surface area contributed by atoms with Crippen LogP contribution in [-0.4, -0.2) is 23.5 Å². The Hall–Kier alpha value is -1.72. The first kappa shape index (κ1) is 21.6. The van der Waals surface area contributed by atoms with Crippen molar-refractivity contribution < 1.29 is 14.3 Å². The van der Waals surface area contributed by atoms with E-state index in [1.807, 2.05) is 32.0 Å². The number of aryl methyl sites for hydroxylation is 2. The summed E-state index contributed by atoms with van der Waals surface area (Å²) in [6.07, 6.45) is 0. The minimum atomic E-state index is -0.432. The van der Waals surface area contributed by atoms with E-state index in [2.05, 4.69) is 54.7 Å². The molecule has 3 N–H and O–H groups in total. The van der Waals surface area contributed by atoms with Gasteiger partial charge in [-0.2, -0.15) is 0 Å². The fourth-order valence-electron chi connectivity index (χ4n) is 2.02. The Bertz CT molecular complexity index is 892. The van der Waals surface area contributed by atoms with E-state index in [0.29, 0.717) is 11.3 Å². The first-order chi connectivity index (χ1) is 12.8. The molecule has 0 aliphatic heterocycles. The molecule has 0 aromatic heterocycles. The summed E-state index contributed by atoms with van der Waals surface area (Å²) in [6.45, 7) is 3.65. The van der Waals surface area contributed by atoms with E-state index in [4.69, 9.17) is 17.0 Å². The number of hydrogen-bond acceptors (Lipinski definition) is 4. The largest absolute Gasteiger partial charge is 0.483 e. The normalized spacial score (nSPS) is 10.1. The van der Waals surface area contributed by atoms with Crippen molar-refractivity contribution in [2.75, 3.05) is 6.61 Å². The van der Waals surface area contributed by atoms with Gasteiger partial charge in [0.1, 0.15) is 5.75 Å². The molecule has 0 saturated carbocycles. The van der Waals surface area contributed by atoms with Crippen molar-refractivity contribution in [3.8, 4) is 5.75 Å². The van der Waals surface area contributed by atoms with E-state index in [1.165, 1.54) is 0 Å². The van der Waals surface area contributed by atoms with Crippen molar-refractivity contribution in [3.05, 3.63) is 61.1 Å². The van der Waals surface area contributed by atoms with Crippen LogP contribution in [0.15, 0.2) is 40.9 Å². The second-order valence-electron chi connectivity index (χ2n) is 5.62. The van der Waals surface area contributed by atoms with Gasteiger partial charge in [0.25, 0.3) is 11.8 Å². The fourth-order valence-corrected chi connectivity index (χ4v) is 3.16. The number of carbonyl (C=O) groups excluding carboxylic acids is 2. The van der Waals surface area contributed by atoms with Crippen molar-refractivity contribution in [3.63, 3.8) is 0 Å². The zero-order valence-electron chi connectivity index (χ0n) is 14.6. The maximum absolute atomic E-state index is 12.2. The fraction of sp³-hybridized carbons (Fsp3) is 0.167. The molecule has 0 heterocycles. The van der Waals surface area contributed by atoms with Crippen LogP contribution in [0.5, 0.6) is 5.75 Å². The van der Waals surface area contributed by atoms with Crippen molar-refractivity contribution in [1.29, 1.82) is 0 Å². The first-order valence-corrected chi connectivity index (χ1v) is 10.1. The molecule has 0 aliphatic rings. The quantitative estimate of drug-likeness (QED) is 0.303. The molecule has 0 unspecified atom stereocenters. The van der Waals surface area contributed by atoms with Crippen LogP contribution >= 0.6 is 50.7 Å². The highest BCUT2D eigenvalue weighted by Crippen LogP contribution is 2.21. The van der Waals surface area contributed by atoms with E-state index < -0.39 is 5.91 Å². The lowest BCUT2D eigenvalue weighted by Crippen LogP contribution is -2.49. The first-order valence-electron chi connectivity index (χ1n) is 7.81. The van der Waals surface area contributed by atoms with Gasteiger partial charge in [-0.1, -0.05) is 22.0 Å². The average Bonchev–Trinajstić information content (AvgIpc) is 2.61. The highest BCUT2D eigenvalue weighted by Gasteiger charge is 2.10. The van der Waals surface area contributed by atoms with Crippen LogP contribution < -0.4 is 20.9 Å². The second-order valence-corrected chi connectivity index (χ2v) is 8.10. The molecule has 2 rings (SSSR count). The molecule has 0 radical (unpaired) electrons. The second kappa shape index (κ2) is 10.00. The maximum Gasteiger partial charge on any atom is 0.276 e. The Morgan fingerprint density at radius 3 is 2.52 bits per heavy atom. The van der Waals surface area contributed by atoms with Gasteiger partial charge in [0.2, 0.25) is 0 Å². The van der Waals surface area contributed by atoms with E-state index in [1.54, 1.807) is 18.2 Å². The van der Waals surface area contributed by atoms with E-state index in [9.17, 15) is 9.59 Å². The lowest BCUT2D eigenvalue weighted by atomic mass is 10.1. The van der Waals surface area contributed by atoms with Crippen molar-refractivity contribution in [2.45, 2.75) is 13.8 Å². The molecule has 142 valence electrons. The van der Waals surface area contributed by atoms with Gasteiger partial charge in [-0.3, -0.25) is 25.8 Å². The predicted molar refractivity (Wildman–Crippen MR) is 120 cm³/mol. The summed E-state index contributed by atoms with van der Waals surface area (Å²) >= 11 is 10.5. The van der Waals surface area contributed by atoms with Crippen LogP contribution in [0.25, 0.3) is 0 Å². The SMILES string of the molecule is Cc1ccc(C(=O)NC(=S)NNC(=O)COc2ccc(Br)cc2C)cc1I. The number of amides is 2. The Morgan fingerprint density at radius 1 is 1.11 bits per heavy atom. The summed E-state index contributed by atoms with van der Waals surface area (Å²) in [6, 6.07) is 10.8. The van der Waals surface area contributed by atoms with Crippen molar-refractivity contribution in [1.82, 2.24) is 16.2 Å². The van der Waals surface area contributed by atoms with Crippen LogP contribution in [0.3, 0.4) is 0 Å². The summed E-state index contributed by atoms with van der Waals surface area (Å²) in [7, 11) is 0. The zero-order valence-corrected chi connectivity index (χ0v) is 19.1. The number of rotatable bonds is 4. The molecular formula is C18H17BrIN3O3S. The lowest BCUT2D eigenvalue weighted by molar-refractivity contribution is -0.123. The van der Waals surface area contributed by atoms with Crippen LogP contribution in [0, 0.1) is 17.4 Å². The van der Waals surface area contributed by atoms with Gasteiger partial charge in [0, 0.05) is 13.6 Å². The molecular weight excluding hydrogens is 545 g/mol. The van der Waals surface area contributed by atoms with Crippen LogP contribution in [0.2, 0.25) is 0 Å². The number of carbonyl (C=O) groups is 2. The van der Waals surface area contributed by atoms with E-state index in [-0.39, 0.29) is 17.6 Å². The number of halogens is 2. The summed E-state index contributed by atoms with van der Waals surface area (Å²) < 4.78 is 7.37. The van der Waals surface area contributed by atoms with Crippen molar-refractivity contribution >= 4 is 67.7 Å². The summed E-state index contributed by atoms with van der Waals surface area (Å²) in [5, 5.41) is 2.49. The van der Waals surface area contributed by atoms with Gasteiger partial charge >= 0.3 is 0 Å². The Kier molecular flexibility index (Phi) is 7.99. The molecule has 9 heteroatoms. The Labute approximate surface area is 184 Å². The molecule has 0 spiro atoms. The molecule has 2 aromatic rings. The molecule has 27 heavy (non-hydrogen) atoms. The van der Waals surface area contributed by atoms with Gasteiger partial charge in [0.15, 0.2) is 11.7 Å². The third-order valence-electron chi connectivity index (χ3n) is 3.47. The standard InChI is InChI=1S/C18H17BrIN3O3S/c1-10-3-4-12(8-14(10)20)17(25)21-18(27)23-22-16(24)9-26-15-6-5-13(19)7-11(15)2/h3-8H,9H2,1-2H3,(H,22,24)(H2,21,23,25,27). The molecule has 0 bridgehead atoms. The highest BCUT2D eigenvalue weighted by molar-refractivity contribution is 14.1. The molecule has 0 aliphatic carbocycles. The van der Waals surface area contributed by atoms with E-state index >= 15 is 0 Å². The highest BCUT2D eigenvalue weighted by atomic mass is 127. The molecule has 0 saturated heterocycles. The van der Waals surface area contributed by atoms with Crippen LogP contribution in [0.1, 0.15) is 21.5 Å². The smallest absolute Gasteiger partial charge is 0.276 e. The van der Waals surface area contributed by atoms with Gasteiger partial charge < -0.3 is 4.74 Å². The number of ether oxygens (including phenoxy) is 1. The molecule has 0 atom stereocenters. The third kappa shape index (κ3) is 6.74. The van der Waals surface area contributed by atoms with Gasteiger partial charge in [-0.05, 0) is 90.1 Å². The minimum Gasteiger partial charge on any atom is -0.483 e. The topological polar surface area (TPSA) is 79.5 Å². The number of benzene rings is 2. The summed E-state index contributed by atoms with van der Waals surface area (Å²) in [5.74, 6) is -0.182. The molecule has 2 amide bonds. The lowest BCUT2D eigenvalue weighted by Gasteiger charge is -2.12. The molecule has 0 fully saturated rings. The number of hydrogen-bond donors (Lipinski definition) is 3. The van der Waals surface area contributed by atoms with E-state index in [0.717, 1.165) is 19.2 Å². The number of nitrogens with one attached hydrogen (secondary N) is 3. The monoisotopic (exact) mass is 561 g/mol. The van der Waals surface area contributed by atoms with Crippen LogP contribution in [0.4, 0.5) is 0 Å². The summed E-state index contributed by atoms with van der Waals surface area (Å²) in [5.41, 5.74) is 7.33. The zero-order chi connectivity index (χ0) is 20.0. The number of hydrazine groups is 1. The van der Waals surface area contributed by atoms with Gasteiger partial charge in [-0.15, -0.1) is 0 Å². The predicted octanol–water partition coefficient (Wildman–Crippen LogP) is 3.39. The summed E-state index contributed by atoms with van der Waals surface area (Å²) in [4.78, 5) is 24.0. The Morgan fingerprint density at radius 2 is 1.85 bits per heavy atom. The van der Waals surface area contributed by atoms with Crippen LogP contribution in [-0.2, 0) is 4.79 Å². The minimum absolute atomic E-state index is 0.0104. The maximum atomic E-state index is 12.2.